The van der Waals surface area contributed by atoms with Crippen LogP contribution < -0.4 is 5.32 Å². The van der Waals surface area contributed by atoms with Crippen molar-refractivity contribution in [2.75, 3.05) is 0 Å². The van der Waals surface area contributed by atoms with Crippen molar-refractivity contribution >= 4 is 11.9 Å². The Morgan fingerprint density at radius 1 is 1.26 bits per heavy atom. The second kappa shape index (κ2) is 8.79. The fourth-order valence-electron chi connectivity index (χ4n) is 3.49. The van der Waals surface area contributed by atoms with Crippen molar-refractivity contribution in [2.45, 2.75) is 57.4 Å². The molecule has 1 fully saturated rings. The first-order valence-electron chi connectivity index (χ1n) is 9.44. The molecular formula is C20H25N3O4. The van der Waals surface area contributed by atoms with E-state index in [0.29, 0.717) is 18.2 Å². The number of nitrogens with one attached hydrogen (secondary N) is 1. The van der Waals surface area contributed by atoms with Crippen LogP contribution >= 0.6 is 0 Å². The maximum Gasteiger partial charge on any atom is 0.308 e. The molecule has 0 bridgehead atoms. The van der Waals surface area contributed by atoms with Gasteiger partial charge in [-0.3, -0.25) is 9.59 Å². The van der Waals surface area contributed by atoms with Gasteiger partial charge in [0, 0.05) is 18.8 Å². The van der Waals surface area contributed by atoms with Gasteiger partial charge >= 0.3 is 5.97 Å². The lowest BCUT2D eigenvalue weighted by atomic mass is 9.94. The minimum atomic E-state index is -0.956. The van der Waals surface area contributed by atoms with Crippen LogP contribution in [0.1, 0.15) is 68.3 Å². The predicted molar refractivity (Wildman–Crippen MR) is 98.0 cm³/mol. The summed E-state index contributed by atoms with van der Waals surface area (Å²) in [7, 11) is 0. The lowest BCUT2D eigenvalue weighted by molar-refractivity contribution is -0.142. The number of nitrogens with zero attached hydrogens (tertiary/aromatic N) is 2. The molecule has 0 radical (unpaired) electrons. The first-order valence-corrected chi connectivity index (χ1v) is 9.44. The minimum Gasteiger partial charge on any atom is -0.481 e. The van der Waals surface area contributed by atoms with E-state index in [0.717, 1.165) is 24.2 Å². The van der Waals surface area contributed by atoms with Crippen molar-refractivity contribution in [3.8, 4) is 0 Å². The quantitative estimate of drug-likeness (QED) is 0.738. The molecule has 27 heavy (non-hydrogen) atoms. The third-order valence-electron chi connectivity index (χ3n) is 5.13. The Kier molecular flexibility index (Phi) is 6.21. The summed E-state index contributed by atoms with van der Waals surface area (Å²) in [5, 5.41) is 16.2. The summed E-state index contributed by atoms with van der Waals surface area (Å²) in [4.78, 5) is 28.2. The van der Waals surface area contributed by atoms with E-state index in [1.165, 1.54) is 12.8 Å². The average Bonchev–Trinajstić information content (AvgIpc) is 3.36. The van der Waals surface area contributed by atoms with Gasteiger partial charge in [0.2, 0.25) is 11.8 Å². The average molecular weight is 371 g/mol. The summed E-state index contributed by atoms with van der Waals surface area (Å²) in [6.45, 7) is 1.59. The molecule has 7 nitrogen and oxygen atoms in total. The van der Waals surface area contributed by atoms with Crippen LogP contribution in [0.3, 0.4) is 0 Å². The number of carboxylic acids is 1. The first kappa shape index (κ1) is 19.1. The van der Waals surface area contributed by atoms with E-state index in [1.54, 1.807) is 6.92 Å². The van der Waals surface area contributed by atoms with Crippen LogP contribution in [-0.2, 0) is 16.0 Å². The largest absolute Gasteiger partial charge is 0.481 e. The normalized spacial score (nSPS) is 16.8. The monoisotopic (exact) mass is 371 g/mol. The summed E-state index contributed by atoms with van der Waals surface area (Å²) in [6.07, 6.45) is 5.08. The van der Waals surface area contributed by atoms with Crippen LogP contribution in [-0.4, -0.2) is 27.1 Å². The second-order valence-corrected chi connectivity index (χ2v) is 7.11. The molecule has 1 aliphatic carbocycles. The van der Waals surface area contributed by atoms with Gasteiger partial charge in [0.05, 0.1) is 12.0 Å². The highest BCUT2D eigenvalue weighted by Gasteiger charge is 2.27. The van der Waals surface area contributed by atoms with E-state index < -0.39 is 17.9 Å². The van der Waals surface area contributed by atoms with Gasteiger partial charge in [0.15, 0.2) is 5.82 Å². The van der Waals surface area contributed by atoms with Crippen molar-refractivity contribution in [3.63, 3.8) is 0 Å². The number of carbonyl (C=O) groups excluding carboxylic acids is 1. The van der Waals surface area contributed by atoms with E-state index in [1.807, 2.05) is 30.3 Å². The van der Waals surface area contributed by atoms with E-state index in [2.05, 4.69) is 15.5 Å². The zero-order chi connectivity index (χ0) is 19.2. The Bertz CT molecular complexity index is 769. The van der Waals surface area contributed by atoms with Crippen LogP contribution in [0.5, 0.6) is 0 Å². The van der Waals surface area contributed by atoms with Crippen LogP contribution in [0.4, 0.5) is 0 Å². The first-order chi connectivity index (χ1) is 13.0. The molecule has 2 N–H and O–H groups in total. The van der Waals surface area contributed by atoms with E-state index >= 15 is 0 Å². The van der Waals surface area contributed by atoms with Crippen LogP contribution in [0.2, 0.25) is 0 Å². The van der Waals surface area contributed by atoms with Crippen LogP contribution in [0.15, 0.2) is 34.9 Å². The Hall–Kier alpha value is -2.70. The smallest absolute Gasteiger partial charge is 0.308 e. The summed E-state index contributed by atoms with van der Waals surface area (Å²) < 4.78 is 5.27. The van der Waals surface area contributed by atoms with Gasteiger partial charge < -0.3 is 14.9 Å². The topological polar surface area (TPSA) is 105 Å². The van der Waals surface area contributed by atoms with Gasteiger partial charge in [0.25, 0.3) is 0 Å². The fraction of sp³-hybridized carbons (Fsp3) is 0.500. The van der Waals surface area contributed by atoms with Gasteiger partial charge in [-0.05, 0) is 25.3 Å². The number of aryl methyl sites for hydroxylation is 1. The van der Waals surface area contributed by atoms with Crippen LogP contribution in [0, 0.1) is 5.92 Å². The minimum absolute atomic E-state index is 0.169. The van der Waals surface area contributed by atoms with Gasteiger partial charge in [-0.15, -0.1) is 0 Å². The van der Waals surface area contributed by atoms with Gasteiger partial charge in [-0.25, -0.2) is 0 Å². The highest BCUT2D eigenvalue weighted by Crippen LogP contribution is 2.32. The van der Waals surface area contributed by atoms with Crippen molar-refractivity contribution in [3.05, 3.63) is 47.6 Å². The molecule has 7 heteroatoms. The summed E-state index contributed by atoms with van der Waals surface area (Å²) in [5.74, 6) is -0.372. The number of carboxylic acid groups (broad SMARTS) is 1. The van der Waals surface area contributed by atoms with Crippen molar-refractivity contribution in [1.29, 1.82) is 0 Å². The Labute approximate surface area is 158 Å². The number of hydrogen-bond donors (Lipinski definition) is 2. The molecule has 1 aromatic carbocycles. The number of amides is 1. The zero-order valence-corrected chi connectivity index (χ0v) is 15.4. The third kappa shape index (κ3) is 4.93. The molecule has 1 aliphatic rings. The van der Waals surface area contributed by atoms with E-state index in [9.17, 15) is 14.7 Å². The molecule has 0 aliphatic heterocycles. The predicted octanol–water partition coefficient (Wildman–Crippen LogP) is 3.24. The molecule has 0 saturated heterocycles. The summed E-state index contributed by atoms with van der Waals surface area (Å²) >= 11 is 0. The summed E-state index contributed by atoms with van der Waals surface area (Å²) in [5.41, 5.74) is 0.766. The standard InChI is InChI=1S/C20H25N3O4/c1-13(20(25)26)18(14-7-3-2-4-8-14)21-16(24)11-12-17-22-19(23-27-17)15-9-5-6-10-15/h2-4,7-8,13,15,18H,5-6,9-12H2,1H3,(H,21,24)(H,25,26). The third-order valence-corrected chi connectivity index (χ3v) is 5.13. The lowest BCUT2D eigenvalue weighted by Crippen LogP contribution is -2.35. The van der Waals surface area contributed by atoms with E-state index in [-0.39, 0.29) is 12.3 Å². The van der Waals surface area contributed by atoms with E-state index in [4.69, 9.17) is 4.52 Å². The Morgan fingerprint density at radius 3 is 2.63 bits per heavy atom. The fourth-order valence-corrected chi connectivity index (χ4v) is 3.49. The molecule has 1 amide bonds. The molecular weight excluding hydrogens is 346 g/mol. The van der Waals surface area contributed by atoms with Crippen LogP contribution in [0.25, 0.3) is 0 Å². The summed E-state index contributed by atoms with van der Waals surface area (Å²) in [6, 6.07) is 8.55. The second-order valence-electron chi connectivity index (χ2n) is 7.11. The SMILES string of the molecule is CC(C(=O)O)C(NC(=O)CCc1nc(C2CCCC2)no1)c1ccccc1. The molecule has 1 aromatic heterocycles. The lowest BCUT2D eigenvalue weighted by Gasteiger charge is -2.22. The number of aliphatic carboxylic acids is 1. The molecule has 1 heterocycles. The number of benzene rings is 1. The molecule has 2 atom stereocenters. The molecule has 144 valence electrons. The molecule has 2 unspecified atom stereocenters. The zero-order valence-electron chi connectivity index (χ0n) is 15.4. The van der Waals surface area contributed by atoms with Gasteiger partial charge in [-0.2, -0.15) is 4.98 Å². The van der Waals surface area contributed by atoms with Crippen molar-refractivity contribution in [1.82, 2.24) is 15.5 Å². The van der Waals surface area contributed by atoms with Crippen molar-refractivity contribution in [2.24, 2.45) is 5.92 Å². The maximum absolute atomic E-state index is 12.4. The van der Waals surface area contributed by atoms with Crippen molar-refractivity contribution < 1.29 is 19.2 Å². The molecule has 0 spiro atoms. The number of hydrogen-bond acceptors (Lipinski definition) is 5. The van der Waals surface area contributed by atoms with Gasteiger partial charge in [-0.1, -0.05) is 48.3 Å². The Balaban J connectivity index is 1.58. The number of rotatable bonds is 8. The maximum atomic E-state index is 12.4. The number of carbonyl (C=O) groups is 2. The molecule has 3 rings (SSSR count). The van der Waals surface area contributed by atoms with Gasteiger partial charge in [0.1, 0.15) is 0 Å². The number of aromatic nitrogens is 2. The Morgan fingerprint density at radius 2 is 1.96 bits per heavy atom. The molecule has 2 aromatic rings. The highest BCUT2D eigenvalue weighted by molar-refractivity contribution is 5.78. The molecule has 1 saturated carbocycles. The highest BCUT2D eigenvalue weighted by atomic mass is 16.5.